The molecule has 0 saturated carbocycles. The SMILES string of the molecule is CCCCCc1ccc(-c2ccc(COc3ccc(C(O)CC(O)CCCCC)cc3)cc2)cc1. The van der Waals surface area contributed by atoms with Crippen LogP contribution >= 0.6 is 0 Å². The van der Waals surface area contributed by atoms with Crippen LogP contribution in [0.15, 0.2) is 72.8 Å². The van der Waals surface area contributed by atoms with Crippen LogP contribution in [0.5, 0.6) is 5.75 Å². The number of ether oxygens (including phenoxy) is 1. The molecule has 188 valence electrons. The third-order valence-corrected chi connectivity index (χ3v) is 6.62. The van der Waals surface area contributed by atoms with Crippen LogP contribution in [0.25, 0.3) is 11.1 Å². The molecule has 0 bridgehead atoms. The molecule has 0 heterocycles. The summed E-state index contributed by atoms with van der Waals surface area (Å²) in [6, 6.07) is 25.0. The van der Waals surface area contributed by atoms with Gasteiger partial charge in [0.05, 0.1) is 12.2 Å². The molecule has 3 rings (SSSR count). The maximum atomic E-state index is 10.4. The minimum atomic E-state index is -0.654. The number of aliphatic hydroxyl groups excluding tert-OH is 2. The molecule has 0 aliphatic heterocycles. The molecule has 0 radical (unpaired) electrons. The van der Waals surface area contributed by atoms with E-state index in [2.05, 4.69) is 62.4 Å². The van der Waals surface area contributed by atoms with E-state index in [0.29, 0.717) is 13.0 Å². The van der Waals surface area contributed by atoms with Gasteiger partial charge < -0.3 is 14.9 Å². The zero-order valence-electron chi connectivity index (χ0n) is 21.5. The van der Waals surface area contributed by atoms with E-state index in [-0.39, 0.29) is 0 Å². The average molecular weight is 475 g/mol. The molecule has 3 aromatic rings. The summed E-state index contributed by atoms with van der Waals surface area (Å²) in [4.78, 5) is 0. The summed E-state index contributed by atoms with van der Waals surface area (Å²) in [5.74, 6) is 0.771. The smallest absolute Gasteiger partial charge is 0.119 e. The number of aliphatic hydroxyl groups is 2. The van der Waals surface area contributed by atoms with Gasteiger partial charge in [-0.05, 0) is 59.2 Å². The summed E-state index contributed by atoms with van der Waals surface area (Å²) in [5, 5.41) is 20.6. The monoisotopic (exact) mass is 474 g/mol. The van der Waals surface area contributed by atoms with E-state index >= 15 is 0 Å². The molecular weight excluding hydrogens is 432 g/mol. The summed E-state index contributed by atoms with van der Waals surface area (Å²) in [5.41, 5.74) is 5.79. The van der Waals surface area contributed by atoms with Crippen molar-refractivity contribution in [2.75, 3.05) is 0 Å². The van der Waals surface area contributed by atoms with Gasteiger partial charge >= 0.3 is 0 Å². The Morgan fingerprint density at radius 3 is 1.83 bits per heavy atom. The lowest BCUT2D eigenvalue weighted by Gasteiger charge is -2.16. The lowest BCUT2D eigenvalue weighted by Crippen LogP contribution is -2.12. The van der Waals surface area contributed by atoms with E-state index in [1.165, 1.54) is 36.0 Å². The molecule has 35 heavy (non-hydrogen) atoms. The summed E-state index contributed by atoms with van der Waals surface area (Å²) >= 11 is 0. The molecule has 0 aliphatic carbocycles. The molecule has 3 heteroatoms. The molecule has 0 aliphatic rings. The van der Waals surface area contributed by atoms with Gasteiger partial charge in [0.2, 0.25) is 0 Å². The highest BCUT2D eigenvalue weighted by molar-refractivity contribution is 5.64. The highest BCUT2D eigenvalue weighted by Crippen LogP contribution is 2.25. The van der Waals surface area contributed by atoms with Crippen molar-refractivity contribution in [1.29, 1.82) is 0 Å². The topological polar surface area (TPSA) is 49.7 Å². The molecule has 2 atom stereocenters. The first-order chi connectivity index (χ1) is 17.1. The van der Waals surface area contributed by atoms with Crippen molar-refractivity contribution >= 4 is 0 Å². The normalized spacial score (nSPS) is 12.9. The molecule has 3 nitrogen and oxygen atoms in total. The van der Waals surface area contributed by atoms with Crippen LogP contribution in [0.2, 0.25) is 0 Å². The van der Waals surface area contributed by atoms with Gasteiger partial charge in [-0.1, -0.05) is 107 Å². The lowest BCUT2D eigenvalue weighted by molar-refractivity contribution is 0.0739. The van der Waals surface area contributed by atoms with Gasteiger partial charge in [-0.2, -0.15) is 0 Å². The van der Waals surface area contributed by atoms with Crippen LogP contribution in [0.4, 0.5) is 0 Å². The van der Waals surface area contributed by atoms with Gasteiger partial charge in [0.15, 0.2) is 0 Å². The second-order valence-corrected chi connectivity index (χ2v) is 9.61. The van der Waals surface area contributed by atoms with E-state index in [1.807, 2.05) is 24.3 Å². The Bertz CT molecular complexity index is 961. The van der Waals surface area contributed by atoms with Crippen LogP contribution < -0.4 is 4.74 Å². The molecule has 2 N–H and O–H groups in total. The van der Waals surface area contributed by atoms with Crippen LogP contribution in [-0.4, -0.2) is 16.3 Å². The van der Waals surface area contributed by atoms with Crippen molar-refractivity contribution in [3.05, 3.63) is 89.5 Å². The Labute approximate surface area is 211 Å². The second-order valence-electron chi connectivity index (χ2n) is 9.61. The predicted octanol–water partition coefficient (Wildman–Crippen LogP) is 8.03. The first-order valence-corrected chi connectivity index (χ1v) is 13.4. The number of hydrogen-bond acceptors (Lipinski definition) is 3. The standard InChI is InChI=1S/C32H42O3/c1-3-5-7-9-25-11-15-27(16-12-25)28-17-13-26(14-18-28)24-35-31-21-19-29(20-22-31)32(34)23-30(33)10-8-6-4-2/h11-22,30,32-34H,3-10,23-24H2,1-2H3. The first-order valence-electron chi connectivity index (χ1n) is 13.4. The third kappa shape index (κ3) is 9.16. The van der Waals surface area contributed by atoms with Gasteiger partial charge in [-0.25, -0.2) is 0 Å². The molecule has 0 amide bonds. The lowest BCUT2D eigenvalue weighted by atomic mass is 10.00. The van der Waals surface area contributed by atoms with Gasteiger partial charge in [-0.15, -0.1) is 0 Å². The number of aryl methyl sites for hydroxylation is 1. The highest BCUT2D eigenvalue weighted by Gasteiger charge is 2.14. The maximum absolute atomic E-state index is 10.4. The summed E-state index contributed by atoms with van der Waals surface area (Å²) in [7, 11) is 0. The Morgan fingerprint density at radius 2 is 1.23 bits per heavy atom. The van der Waals surface area contributed by atoms with Gasteiger partial charge in [0, 0.05) is 6.42 Å². The van der Waals surface area contributed by atoms with E-state index in [4.69, 9.17) is 4.74 Å². The summed E-state index contributed by atoms with van der Waals surface area (Å²) in [6.07, 6.45) is 8.23. The molecule has 3 aromatic carbocycles. The molecule has 0 aromatic heterocycles. The van der Waals surface area contributed by atoms with E-state index in [1.54, 1.807) is 0 Å². The minimum Gasteiger partial charge on any atom is -0.489 e. The molecular formula is C32H42O3. The number of hydrogen-bond donors (Lipinski definition) is 2. The van der Waals surface area contributed by atoms with Gasteiger partial charge in [-0.3, -0.25) is 0 Å². The Morgan fingerprint density at radius 1 is 0.657 bits per heavy atom. The average Bonchev–Trinajstić information content (AvgIpc) is 2.89. The fourth-order valence-corrected chi connectivity index (χ4v) is 4.33. The zero-order chi connectivity index (χ0) is 24.9. The zero-order valence-corrected chi connectivity index (χ0v) is 21.5. The van der Waals surface area contributed by atoms with Crippen molar-refractivity contribution in [2.24, 2.45) is 0 Å². The Hall–Kier alpha value is -2.62. The highest BCUT2D eigenvalue weighted by atomic mass is 16.5. The number of benzene rings is 3. The van der Waals surface area contributed by atoms with Crippen molar-refractivity contribution in [3.63, 3.8) is 0 Å². The fraction of sp³-hybridized carbons (Fsp3) is 0.438. The Balaban J connectivity index is 1.46. The minimum absolute atomic E-state index is 0.373. The second kappa shape index (κ2) is 14.7. The van der Waals surface area contributed by atoms with Crippen LogP contribution in [0.3, 0.4) is 0 Å². The first kappa shape index (κ1) is 27.0. The van der Waals surface area contributed by atoms with Crippen LogP contribution in [0, 0.1) is 0 Å². The largest absolute Gasteiger partial charge is 0.489 e. The number of rotatable bonds is 15. The molecule has 0 spiro atoms. The van der Waals surface area contributed by atoms with Gasteiger partial charge in [0.25, 0.3) is 0 Å². The number of unbranched alkanes of at least 4 members (excludes halogenated alkanes) is 4. The quantitative estimate of drug-likeness (QED) is 0.219. The van der Waals surface area contributed by atoms with E-state index < -0.39 is 12.2 Å². The van der Waals surface area contributed by atoms with Crippen LogP contribution in [-0.2, 0) is 13.0 Å². The molecule has 0 fully saturated rings. The van der Waals surface area contributed by atoms with Crippen molar-refractivity contribution < 1.29 is 14.9 Å². The van der Waals surface area contributed by atoms with Gasteiger partial charge in [0.1, 0.15) is 12.4 Å². The summed E-state index contributed by atoms with van der Waals surface area (Å²) < 4.78 is 5.95. The van der Waals surface area contributed by atoms with Crippen molar-refractivity contribution in [3.8, 4) is 16.9 Å². The molecule has 0 saturated heterocycles. The fourth-order valence-electron chi connectivity index (χ4n) is 4.33. The summed E-state index contributed by atoms with van der Waals surface area (Å²) in [6.45, 7) is 4.88. The van der Waals surface area contributed by atoms with Crippen molar-refractivity contribution in [2.45, 2.75) is 90.4 Å². The van der Waals surface area contributed by atoms with Crippen molar-refractivity contribution in [1.82, 2.24) is 0 Å². The van der Waals surface area contributed by atoms with E-state index in [0.717, 1.165) is 49.0 Å². The maximum Gasteiger partial charge on any atom is 0.119 e. The predicted molar refractivity (Wildman–Crippen MR) is 146 cm³/mol. The third-order valence-electron chi connectivity index (χ3n) is 6.62. The molecule has 2 unspecified atom stereocenters. The van der Waals surface area contributed by atoms with E-state index in [9.17, 15) is 10.2 Å². The Kier molecular flexibility index (Phi) is 11.3. The van der Waals surface area contributed by atoms with Crippen LogP contribution in [0.1, 0.15) is 88.0 Å².